The Kier molecular flexibility index (Phi) is 7.31. The number of allylic oxidation sites excluding steroid dienone is 2. The fraction of sp³-hybridized carbons (Fsp3) is 0.414. The molecule has 0 radical (unpaired) electrons. The van der Waals surface area contributed by atoms with E-state index in [4.69, 9.17) is 4.65 Å². The molecule has 192 valence electrons. The van der Waals surface area contributed by atoms with Gasteiger partial charge in [0.25, 0.3) is 0 Å². The number of rotatable bonds is 7. The van der Waals surface area contributed by atoms with Gasteiger partial charge in [-0.05, 0) is 91.9 Å². The van der Waals surface area contributed by atoms with Crippen LogP contribution in [0.3, 0.4) is 0 Å². The van der Waals surface area contributed by atoms with E-state index in [1.165, 1.54) is 4.90 Å². The number of aromatic nitrogens is 1. The molecule has 8 heteroatoms. The number of carbonyl (C=O) groups is 2. The smallest absolute Gasteiger partial charge is 0.455 e. The number of phenolic OH excluding ortho intramolecular Hbond substituents is 1. The number of fused-ring (bicyclic) bond motifs is 3. The van der Waals surface area contributed by atoms with Gasteiger partial charge in [-0.1, -0.05) is 30.7 Å². The minimum atomic E-state index is -0.979. The van der Waals surface area contributed by atoms with Gasteiger partial charge in [0.15, 0.2) is 0 Å². The Bertz CT molecular complexity index is 1230. The minimum Gasteiger partial charge on any atom is -0.508 e. The molecule has 3 aliphatic rings. The fourth-order valence-electron chi connectivity index (χ4n) is 6.31. The van der Waals surface area contributed by atoms with Gasteiger partial charge >= 0.3 is 7.12 Å². The number of pyridine rings is 1. The van der Waals surface area contributed by atoms with Crippen molar-refractivity contribution in [3.63, 3.8) is 0 Å². The fourth-order valence-corrected chi connectivity index (χ4v) is 6.31. The predicted molar refractivity (Wildman–Crippen MR) is 142 cm³/mol. The summed E-state index contributed by atoms with van der Waals surface area (Å²) in [5, 5.41) is 20.3. The Balaban J connectivity index is 1.42. The van der Waals surface area contributed by atoms with Gasteiger partial charge in [0, 0.05) is 12.7 Å². The van der Waals surface area contributed by atoms with Gasteiger partial charge in [-0.2, -0.15) is 0 Å². The molecule has 37 heavy (non-hydrogen) atoms. The lowest BCUT2D eigenvalue weighted by atomic mass is 9.58. The first-order valence-electron chi connectivity index (χ1n) is 13.2. The van der Waals surface area contributed by atoms with E-state index in [-0.39, 0.29) is 35.5 Å². The summed E-state index contributed by atoms with van der Waals surface area (Å²) in [5.41, 5.74) is 4.99. The molecule has 2 amide bonds. The van der Waals surface area contributed by atoms with E-state index in [2.05, 4.69) is 11.1 Å². The zero-order valence-electron chi connectivity index (χ0n) is 21.3. The van der Waals surface area contributed by atoms with Crippen molar-refractivity contribution in [3.05, 3.63) is 71.1 Å². The van der Waals surface area contributed by atoms with Gasteiger partial charge in [-0.15, -0.1) is 0 Å². The quantitative estimate of drug-likeness (QED) is 0.334. The summed E-state index contributed by atoms with van der Waals surface area (Å²) in [4.78, 5) is 32.3. The lowest BCUT2D eigenvalue weighted by molar-refractivity contribution is -0.140. The van der Waals surface area contributed by atoms with Crippen LogP contribution in [0.1, 0.15) is 50.8 Å². The van der Waals surface area contributed by atoms with E-state index in [1.807, 2.05) is 44.2 Å². The topological polar surface area (TPSA) is 100.0 Å². The third-order valence-electron chi connectivity index (χ3n) is 7.89. The normalized spacial score (nSPS) is 26.0. The second kappa shape index (κ2) is 10.6. The number of likely N-dealkylation sites (tertiary alicyclic amines) is 1. The summed E-state index contributed by atoms with van der Waals surface area (Å²) in [6.45, 7) is 4.46. The molecule has 5 rings (SSSR count). The molecule has 0 spiro atoms. The first-order chi connectivity index (χ1) is 17.9. The molecule has 2 aromatic rings. The molecule has 3 heterocycles. The standard InChI is InChI=1S/C29H33BN2O5/c1-3-14-32-28(34)22-15-18(2)26-23(27(22)29(32)35)17-30(36)37-25(26)12-9-20(24-6-4-5-13-31-24)16-19-7-10-21(33)11-8-19/h4-8,10-11,13,16,22-23,25,27,33,36H,3,9,12,14-15,17H2,1-2H3/b20-16-/t22-,23+,25-,27-/m1/s1. The molecule has 4 atom stereocenters. The predicted octanol–water partition coefficient (Wildman–Crippen LogP) is 4.33. The van der Waals surface area contributed by atoms with Crippen molar-refractivity contribution in [1.29, 1.82) is 0 Å². The lowest BCUT2D eigenvalue weighted by Gasteiger charge is -2.42. The highest BCUT2D eigenvalue weighted by Gasteiger charge is 2.56. The number of phenols is 1. The number of hydrogen-bond donors (Lipinski definition) is 2. The van der Waals surface area contributed by atoms with E-state index in [9.17, 15) is 19.7 Å². The third kappa shape index (κ3) is 5.00. The first kappa shape index (κ1) is 25.4. The molecule has 1 aromatic carbocycles. The monoisotopic (exact) mass is 500 g/mol. The number of imide groups is 1. The Labute approximate surface area is 218 Å². The highest BCUT2D eigenvalue weighted by Crippen LogP contribution is 2.50. The average Bonchev–Trinajstić information content (AvgIpc) is 3.12. The number of hydrogen-bond acceptors (Lipinski definition) is 6. The van der Waals surface area contributed by atoms with Crippen LogP contribution < -0.4 is 0 Å². The van der Waals surface area contributed by atoms with Crippen molar-refractivity contribution in [2.75, 3.05) is 6.54 Å². The van der Waals surface area contributed by atoms with Crippen molar-refractivity contribution >= 4 is 30.6 Å². The van der Waals surface area contributed by atoms with E-state index >= 15 is 0 Å². The van der Waals surface area contributed by atoms with Gasteiger partial charge in [0.1, 0.15) is 5.75 Å². The van der Waals surface area contributed by atoms with Crippen LogP contribution in [-0.4, -0.2) is 51.6 Å². The van der Waals surface area contributed by atoms with Crippen molar-refractivity contribution in [2.45, 2.75) is 52.0 Å². The number of aromatic hydroxyl groups is 1. The van der Waals surface area contributed by atoms with Crippen molar-refractivity contribution in [3.8, 4) is 5.75 Å². The van der Waals surface area contributed by atoms with Crippen molar-refractivity contribution in [1.82, 2.24) is 9.88 Å². The van der Waals surface area contributed by atoms with Crippen molar-refractivity contribution in [2.24, 2.45) is 17.8 Å². The Morgan fingerprint density at radius 3 is 2.65 bits per heavy atom. The molecule has 7 nitrogen and oxygen atoms in total. The number of carbonyl (C=O) groups excluding carboxylic acids is 2. The van der Waals surface area contributed by atoms with Crippen LogP contribution in [0, 0.1) is 17.8 Å². The van der Waals surface area contributed by atoms with Crippen molar-refractivity contribution < 1.29 is 24.4 Å². The highest BCUT2D eigenvalue weighted by molar-refractivity contribution is 6.43. The molecule has 1 aromatic heterocycles. The summed E-state index contributed by atoms with van der Waals surface area (Å²) in [7, 11) is -0.979. The number of amides is 2. The van der Waals surface area contributed by atoms with E-state index in [1.54, 1.807) is 18.3 Å². The zero-order chi connectivity index (χ0) is 26.1. The first-order valence-corrected chi connectivity index (χ1v) is 13.2. The maximum Gasteiger partial charge on any atom is 0.455 e. The minimum absolute atomic E-state index is 0.0675. The summed E-state index contributed by atoms with van der Waals surface area (Å²) in [6.07, 6.45) is 6.35. The van der Waals surface area contributed by atoms with Gasteiger partial charge in [0.2, 0.25) is 11.8 Å². The third-order valence-corrected chi connectivity index (χ3v) is 7.89. The van der Waals surface area contributed by atoms with E-state index < -0.39 is 13.0 Å². The van der Waals surface area contributed by atoms with Gasteiger partial charge in [0.05, 0.1) is 23.6 Å². The maximum absolute atomic E-state index is 13.3. The summed E-state index contributed by atoms with van der Waals surface area (Å²) < 4.78 is 6.07. The summed E-state index contributed by atoms with van der Waals surface area (Å²) >= 11 is 0. The van der Waals surface area contributed by atoms with Crippen LogP contribution in [0.5, 0.6) is 5.75 Å². The van der Waals surface area contributed by atoms with Crippen LogP contribution in [0.25, 0.3) is 11.6 Å². The maximum atomic E-state index is 13.3. The number of benzene rings is 1. The molecule has 2 fully saturated rings. The van der Waals surface area contributed by atoms with Crippen LogP contribution in [0.4, 0.5) is 0 Å². The molecule has 0 saturated carbocycles. The molecular formula is C29H33BN2O5. The van der Waals surface area contributed by atoms with Crippen LogP contribution in [-0.2, 0) is 14.2 Å². The second-order valence-electron chi connectivity index (χ2n) is 10.3. The van der Waals surface area contributed by atoms with E-state index in [0.29, 0.717) is 32.1 Å². The molecule has 2 saturated heterocycles. The van der Waals surface area contributed by atoms with Gasteiger partial charge < -0.3 is 14.8 Å². The van der Waals surface area contributed by atoms with Crippen LogP contribution in [0.15, 0.2) is 59.8 Å². The lowest BCUT2D eigenvalue weighted by Crippen LogP contribution is -2.46. The largest absolute Gasteiger partial charge is 0.508 e. The Morgan fingerprint density at radius 1 is 1.16 bits per heavy atom. The zero-order valence-corrected chi connectivity index (χ0v) is 21.3. The SMILES string of the molecule is CCCN1C(=O)[C@@H]2[C@@H](CC(C)=C3[C@@H](CC/C(=C/c4ccc(O)cc4)c4ccccn4)OB(O)C[C@@H]32)C1=O. The van der Waals surface area contributed by atoms with Gasteiger partial charge in [-0.3, -0.25) is 19.5 Å². The molecular weight excluding hydrogens is 467 g/mol. The molecule has 2 aliphatic heterocycles. The van der Waals surface area contributed by atoms with E-state index in [0.717, 1.165) is 34.4 Å². The van der Waals surface area contributed by atoms with Crippen LogP contribution in [0.2, 0.25) is 6.32 Å². The highest BCUT2D eigenvalue weighted by atomic mass is 16.5. The molecule has 2 N–H and O–H groups in total. The average molecular weight is 500 g/mol. The summed E-state index contributed by atoms with van der Waals surface area (Å²) in [5.74, 6) is -0.894. The molecule has 1 aliphatic carbocycles. The second-order valence-corrected chi connectivity index (χ2v) is 10.3. The Hall–Kier alpha value is -3.23. The summed E-state index contributed by atoms with van der Waals surface area (Å²) in [6, 6.07) is 12.8. The Morgan fingerprint density at radius 2 is 1.95 bits per heavy atom. The number of nitrogens with zero attached hydrogens (tertiary/aromatic N) is 2. The van der Waals surface area contributed by atoms with Gasteiger partial charge in [-0.25, -0.2) is 0 Å². The molecule has 0 bridgehead atoms. The molecule has 0 unspecified atom stereocenters. The van der Waals surface area contributed by atoms with Crippen LogP contribution >= 0.6 is 0 Å².